The van der Waals surface area contributed by atoms with Crippen molar-refractivity contribution < 1.29 is 4.79 Å². The van der Waals surface area contributed by atoms with Crippen molar-refractivity contribution in [1.82, 2.24) is 4.90 Å². The standard InChI is InChI=1S/C20H21NO/c1-21-13-18(16-8-3-2-4-9-16)20(14-21)12-11-15-7-5-6-10-17(15)19(20)22/h2-10,18H,11-14H2,1H3/t18-,20+/m0/s1. The molecule has 1 aliphatic heterocycles. The number of likely N-dealkylation sites (N-methyl/N-ethyl adjacent to an activating group) is 1. The number of nitrogens with zero attached hydrogens (tertiary/aromatic N) is 1. The predicted octanol–water partition coefficient (Wildman–Crippen LogP) is 3.53. The van der Waals surface area contributed by atoms with E-state index in [0.717, 1.165) is 31.5 Å². The van der Waals surface area contributed by atoms with Crippen molar-refractivity contribution in [3.05, 3.63) is 71.3 Å². The Kier molecular flexibility index (Phi) is 3.16. The van der Waals surface area contributed by atoms with E-state index in [2.05, 4.69) is 42.3 Å². The third-order valence-electron chi connectivity index (χ3n) is 5.47. The van der Waals surface area contributed by atoms with Crippen molar-refractivity contribution >= 4 is 5.78 Å². The molecule has 2 heteroatoms. The molecule has 0 saturated carbocycles. The average Bonchev–Trinajstić information content (AvgIpc) is 2.90. The monoisotopic (exact) mass is 291 g/mol. The van der Waals surface area contributed by atoms with Crippen LogP contribution in [0.5, 0.6) is 0 Å². The molecular weight excluding hydrogens is 270 g/mol. The van der Waals surface area contributed by atoms with E-state index in [1.54, 1.807) is 0 Å². The molecular formula is C20H21NO. The number of fused-ring (bicyclic) bond motifs is 1. The van der Waals surface area contributed by atoms with Crippen LogP contribution < -0.4 is 0 Å². The molecule has 2 nitrogen and oxygen atoms in total. The molecule has 1 fully saturated rings. The highest BCUT2D eigenvalue weighted by molar-refractivity contribution is 6.04. The lowest BCUT2D eigenvalue weighted by Gasteiger charge is -2.37. The van der Waals surface area contributed by atoms with E-state index < -0.39 is 0 Å². The van der Waals surface area contributed by atoms with Gasteiger partial charge in [0.1, 0.15) is 0 Å². The fourth-order valence-electron chi connectivity index (χ4n) is 4.44. The molecule has 22 heavy (non-hydrogen) atoms. The maximum absolute atomic E-state index is 13.3. The van der Waals surface area contributed by atoms with Crippen LogP contribution in [0.2, 0.25) is 0 Å². The first-order valence-corrected chi connectivity index (χ1v) is 8.07. The Morgan fingerprint density at radius 1 is 1.05 bits per heavy atom. The second-order valence-electron chi connectivity index (χ2n) is 6.80. The van der Waals surface area contributed by atoms with Crippen LogP contribution in [0.25, 0.3) is 0 Å². The van der Waals surface area contributed by atoms with Gasteiger partial charge >= 0.3 is 0 Å². The van der Waals surface area contributed by atoms with Crippen LogP contribution >= 0.6 is 0 Å². The zero-order valence-electron chi connectivity index (χ0n) is 13.0. The van der Waals surface area contributed by atoms with E-state index in [4.69, 9.17) is 0 Å². The van der Waals surface area contributed by atoms with Gasteiger partial charge in [-0.15, -0.1) is 0 Å². The Labute approximate surface area is 131 Å². The highest BCUT2D eigenvalue weighted by atomic mass is 16.1. The Bertz CT molecular complexity index is 709. The Balaban J connectivity index is 1.81. The van der Waals surface area contributed by atoms with Gasteiger partial charge in [-0.3, -0.25) is 4.79 Å². The number of carbonyl (C=O) groups excluding carboxylic acids is 1. The second-order valence-corrected chi connectivity index (χ2v) is 6.80. The highest BCUT2D eigenvalue weighted by Gasteiger charge is 2.53. The lowest BCUT2D eigenvalue weighted by molar-refractivity contribution is 0.0745. The van der Waals surface area contributed by atoms with E-state index >= 15 is 0 Å². The topological polar surface area (TPSA) is 20.3 Å². The van der Waals surface area contributed by atoms with Crippen LogP contribution in [0.3, 0.4) is 0 Å². The van der Waals surface area contributed by atoms with Crippen molar-refractivity contribution in [1.29, 1.82) is 0 Å². The fourth-order valence-corrected chi connectivity index (χ4v) is 4.44. The molecule has 4 rings (SSSR count). The molecule has 2 atom stereocenters. The summed E-state index contributed by atoms with van der Waals surface area (Å²) in [5.41, 5.74) is 3.23. The van der Waals surface area contributed by atoms with Crippen molar-refractivity contribution in [3.63, 3.8) is 0 Å². The molecule has 0 aromatic heterocycles. The summed E-state index contributed by atoms with van der Waals surface area (Å²) in [6, 6.07) is 18.7. The lowest BCUT2D eigenvalue weighted by Crippen LogP contribution is -2.41. The van der Waals surface area contributed by atoms with Gasteiger partial charge in [-0.25, -0.2) is 0 Å². The number of aryl methyl sites for hydroxylation is 1. The number of benzene rings is 2. The molecule has 1 aliphatic carbocycles. The normalized spacial score (nSPS) is 28.0. The number of hydrogen-bond donors (Lipinski definition) is 0. The van der Waals surface area contributed by atoms with E-state index in [-0.39, 0.29) is 5.41 Å². The largest absolute Gasteiger partial charge is 0.305 e. The summed E-state index contributed by atoms with van der Waals surface area (Å²) in [6.45, 7) is 1.84. The summed E-state index contributed by atoms with van der Waals surface area (Å²) in [6.07, 6.45) is 1.98. The van der Waals surface area contributed by atoms with Gasteiger partial charge in [-0.2, -0.15) is 0 Å². The number of Topliss-reactive ketones (excluding diaryl/α,β-unsaturated/α-hetero) is 1. The van der Waals surface area contributed by atoms with Crippen molar-refractivity contribution in [2.45, 2.75) is 18.8 Å². The number of carbonyl (C=O) groups is 1. The first-order valence-electron chi connectivity index (χ1n) is 8.07. The quantitative estimate of drug-likeness (QED) is 0.801. The molecule has 1 spiro atoms. The smallest absolute Gasteiger partial charge is 0.171 e. The summed E-state index contributed by atoms with van der Waals surface area (Å²) in [5, 5.41) is 0. The number of rotatable bonds is 1. The molecule has 1 saturated heterocycles. The van der Waals surface area contributed by atoms with Crippen molar-refractivity contribution in [2.75, 3.05) is 20.1 Å². The van der Waals surface area contributed by atoms with Crippen molar-refractivity contribution in [2.24, 2.45) is 5.41 Å². The second kappa shape index (κ2) is 5.06. The van der Waals surface area contributed by atoms with Gasteiger partial charge in [0.05, 0.1) is 5.41 Å². The molecule has 0 bridgehead atoms. The highest BCUT2D eigenvalue weighted by Crippen LogP contribution is 2.50. The zero-order chi connectivity index (χ0) is 15.2. The molecule has 0 amide bonds. The first kappa shape index (κ1) is 13.7. The minimum absolute atomic E-state index is 0.246. The van der Waals surface area contributed by atoms with Crippen LogP contribution in [0.4, 0.5) is 0 Å². The fraction of sp³-hybridized carbons (Fsp3) is 0.350. The summed E-state index contributed by atoms with van der Waals surface area (Å²) >= 11 is 0. The molecule has 1 heterocycles. The van der Waals surface area contributed by atoms with E-state index in [0.29, 0.717) is 11.7 Å². The van der Waals surface area contributed by atoms with Gasteiger partial charge in [0, 0.05) is 24.6 Å². The van der Waals surface area contributed by atoms with Gasteiger partial charge in [-0.1, -0.05) is 54.6 Å². The maximum Gasteiger partial charge on any atom is 0.171 e. The molecule has 0 unspecified atom stereocenters. The molecule has 2 aromatic rings. The van der Waals surface area contributed by atoms with Gasteiger partial charge in [0.15, 0.2) is 5.78 Å². The molecule has 0 N–H and O–H groups in total. The van der Waals surface area contributed by atoms with Gasteiger partial charge in [0.25, 0.3) is 0 Å². The molecule has 2 aliphatic rings. The Hall–Kier alpha value is -1.93. The van der Waals surface area contributed by atoms with Crippen LogP contribution in [0.15, 0.2) is 54.6 Å². The molecule has 0 radical (unpaired) electrons. The molecule has 2 aromatic carbocycles. The van der Waals surface area contributed by atoms with Crippen molar-refractivity contribution in [3.8, 4) is 0 Å². The predicted molar refractivity (Wildman–Crippen MR) is 88.2 cm³/mol. The van der Waals surface area contributed by atoms with Crippen LogP contribution in [-0.2, 0) is 6.42 Å². The molecule has 112 valence electrons. The van der Waals surface area contributed by atoms with Crippen LogP contribution in [-0.4, -0.2) is 30.8 Å². The number of ketones is 1. The zero-order valence-corrected chi connectivity index (χ0v) is 13.0. The lowest BCUT2D eigenvalue weighted by atomic mass is 9.63. The number of hydrogen-bond acceptors (Lipinski definition) is 2. The Morgan fingerprint density at radius 3 is 2.59 bits per heavy atom. The van der Waals surface area contributed by atoms with E-state index in [1.807, 2.05) is 24.3 Å². The Morgan fingerprint density at radius 2 is 1.77 bits per heavy atom. The summed E-state index contributed by atoms with van der Waals surface area (Å²) < 4.78 is 0. The van der Waals surface area contributed by atoms with Gasteiger partial charge in [-0.05, 0) is 31.0 Å². The number of likely N-dealkylation sites (tertiary alicyclic amines) is 1. The average molecular weight is 291 g/mol. The SMILES string of the molecule is CN1C[C@@H](c2ccccc2)[C@@]2(CCc3ccccc3C2=O)C1. The minimum Gasteiger partial charge on any atom is -0.305 e. The summed E-state index contributed by atoms with van der Waals surface area (Å²) in [5.74, 6) is 0.659. The van der Waals surface area contributed by atoms with Crippen LogP contribution in [0, 0.1) is 5.41 Å². The first-order chi connectivity index (χ1) is 10.7. The minimum atomic E-state index is -0.246. The summed E-state index contributed by atoms with van der Waals surface area (Å²) in [4.78, 5) is 15.7. The van der Waals surface area contributed by atoms with Crippen LogP contribution in [0.1, 0.15) is 33.8 Å². The van der Waals surface area contributed by atoms with Gasteiger partial charge < -0.3 is 4.90 Å². The third kappa shape index (κ3) is 1.94. The maximum atomic E-state index is 13.3. The van der Waals surface area contributed by atoms with E-state index in [9.17, 15) is 4.79 Å². The van der Waals surface area contributed by atoms with Gasteiger partial charge in [0.2, 0.25) is 0 Å². The third-order valence-corrected chi connectivity index (χ3v) is 5.47. The van der Waals surface area contributed by atoms with E-state index in [1.165, 1.54) is 11.1 Å². The summed E-state index contributed by atoms with van der Waals surface area (Å²) in [7, 11) is 2.14.